The van der Waals surface area contributed by atoms with Gasteiger partial charge in [0.05, 0.1) is 30.5 Å². The van der Waals surface area contributed by atoms with Gasteiger partial charge in [0, 0.05) is 12.1 Å². The van der Waals surface area contributed by atoms with Gasteiger partial charge >= 0.3 is 0 Å². The second kappa shape index (κ2) is 4.67. The van der Waals surface area contributed by atoms with Crippen LogP contribution in [0.3, 0.4) is 0 Å². The van der Waals surface area contributed by atoms with E-state index in [1.165, 1.54) is 25.1 Å². The van der Waals surface area contributed by atoms with Crippen LogP contribution in [0.5, 0.6) is 0 Å². The first kappa shape index (κ1) is 10.5. The summed E-state index contributed by atoms with van der Waals surface area (Å²) in [5.41, 5.74) is 1.06. The molecular formula is C11H11NO4. The van der Waals surface area contributed by atoms with Crippen molar-refractivity contribution in [2.24, 2.45) is 0 Å². The van der Waals surface area contributed by atoms with E-state index in [-0.39, 0.29) is 12.5 Å². The second-order valence-corrected chi connectivity index (χ2v) is 3.29. The first-order chi connectivity index (χ1) is 7.77. The average molecular weight is 221 g/mol. The SMILES string of the molecule is O=C(NCC(O)c1ccoc1)c1ccoc1. The maximum absolute atomic E-state index is 11.5. The zero-order valence-corrected chi connectivity index (χ0v) is 8.42. The maximum Gasteiger partial charge on any atom is 0.254 e. The van der Waals surface area contributed by atoms with Crippen LogP contribution in [0.2, 0.25) is 0 Å². The lowest BCUT2D eigenvalue weighted by Gasteiger charge is -2.08. The van der Waals surface area contributed by atoms with E-state index in [0.29, 0.717) is 11.1 Å². The topological polar surface area (TPSA) is 75.6 Å². The van der Waals surface area contributed by atoms with Crippen LogP contribution < -0.4 is 5.32 Å². The molecule has 84 valence electrons. The maximum atomic E-state index is 11.5. The van der Waals surface area contributed by atoms with Crippen LogP contribution in [0.15, 0.2) is 46.0 Å². The minimum atomic E-state index is -0.769. The van der Waals surface area contributed by atoms with Crippen LogP contribution in [0.1, 0.15) is 22.0 Å². The van der Waals surface area contributed by atoms with Gasteiger partial charge < -0.3 is 19.3 Å². The zero-order chi connectivity index (χ0) is 11.4. The van der Waals surface area contributed by atoms with Gasteiger partial charge in [-0.1, -0.05) is 0 Å². The standard InChI is InChI=1S/C11H11NO4/c13-10(8-1-3-15-6-8)5-12-11(14)9-2-4-16-7-9/h1-4,6-7,10,13H,5H2,(H,12,14). The van der Waals surface area contributed by atoms with Gasteiger partial charge in [0.25, 0.3) is 5.91 Å². The zero-order valence-electron chi connectivity index (χ0n) is 8.42. The van der Waals surface area contributed by atoms with E-state index >= 15 is 0 Å². The van der Waals surface area contributed by atoms with Gasteiger partial charge in [-0.05, 0) is 12.1 Å². The fourth-order valence-electron chi connectivity index (χ4n) is 1.27. The van der Waals surface area contributed by atoms with Crippen molar-refractivity contribution in [2.75, 3.05) is 6.54 Å². The summed E-state index contributed by atoms with van der Waals surface area (Å²) in [4.78, 5) is 11.5. The molecule has 5 heteroatoms. The molecule has 0 fully saturated rings. The summed E-state index contributed by atoms with van der Waals surface area (Å²) in [6, 6.07) is 3.20. The van der Waals surface area contributed by atoms with E-state index in [1.807, 2.05) is 0 Å². The summed E-state index contributed by atoms with van der Waals surface area (Å²) < 4.78 is 9.60. The Morgan fingerprint density at radius 3 is 2.69 bits per heavy atom. The van der Waals surface area contributed by atoms with Crippen molar-refractivity contribution in [3.05, 3.63) is 48.3 Å². The highest BCUT2D eigenvalue weighted by molar-refractivity contribution is 5.93. The van der Waals surface area contributed by atoms with Gasteiger partial charge in [-0.2, -0.15) is 0 Å². The number of carbonyl (C=O) groups excluding carboxylic acids is 1. The lowest BCUT2D eigenvalue weighted by atomic mass is 10.2. The number of hydrogen-bond acceptors (Lipinski definition) is 4. The minimum Gasteiger partial charge on any atom is -0.472 e. The van der Waals surface area contributed by atoms with Gasteiger partial charge in [-0.3, -0.25) is 4.79 Å². The van der Waals surface area contributed by atoms with Gasteiger partial charge in [-0.15, -0.1) is 0 Å². The number of aliphatic hydroxyl groups excluding tert-OH is 1. The van der Waals surface area contributed by atoms with Gasteiger partial charge in [0.2, 0.25) is 0 Å². The van der Waals surface area contributed by atoms with E-state index < -0.39 is 6.10 Å². The molecule has 1 unspecified atom stereocenters. The molecule has 1 amide bonds. The first-order valence-electron chi connectivity index (χ1n) is 4.78. The second-order valence-electron chi connectivity index (χ2n) is 3.29. The van der Waals surface area contributed by atoms with Crippen LogP contribution in [-0.2, 0) is 0 Å². The van der Waals surface area contributed by atoms with Gasteiger partial charge in [-0.25, -0.2) is 0 Å². The predicted octanol–water partition coefficient (Wildman–Crippen LogP) is 1.34. The normalized spacial score (nSPS) is 12.3. The molecule has 2 aromatic rings. The lowest BCUT2D eigenvalue weighted by Crippen LogP contribution is -2.27. The van der Waals surface area contributed by atoms with Crippen molar-refractivity contribution < 1.29 is 18.7 Å². The summed E-state index contributed by atoms with van der Waals surface area (Å²) in [7, 11) is 0. The number of nitrogens with one attached hydrogen (secondary N) is 1. The molecule has 0 aromatic carbocycles. The van der Waals surface area contributed by atoms with E-state index in [1.54, 1.807) is 12.1 Å². The molecule has 0 spiro atoms. The van der Waals surface area contributed by atoms with Crippen molar-refractivity contribution in [2.45, 2.75) is 6.10 Å². The number of furan rings is 2. The third-order valence-electron chi connectivity index (χ3n) is 2.17. The molecule has 2 rings (SSSR count). The molecule has 0 radical (unpaired) electrons. The van der Waals surface area contributed by atoms with Gasteiger partial charge in [0.1, 0.15) is 6.26 Å². The third-order valence-corrected chi connectivity index (χ3v) is 2.17. The lowest BCUT2D eigenvalue weighted by molar-refractivity contribution is 0.0915. The monoisotopic (exact) mass is 221 g/mol. The molecule has 2 N–H and O–H groups in total. The number of hydrogen-bond donors (Lipinski definition) is 2. The minimum absolute atomic E-state index is 0.129. The summed E-state index contributed by atoms with van der Waals surface area (Å²) >= 11 is 0. The fraction of sp³-hybridized carbons (Fsp3) is 0.182. The van der Waals surface area contributed by atoms with Crippen molar-refractivity contribution in [1.82, 2.24) is 5.32 Å². The molecule has 0 aliphatic carbocycles. The highest BCUT2D eigenvalue weighted by atomic mass is 16.3. The summed E-state index contributed by atoms with van der Waals surface area (Å²) in [6.07, 6.45) is 4.90. The Morgan fingerprint density at radius 2 is 2.06 bits per heavy atom. The third kappa shape index (κ3) is 2.32. The molecular weight excluding hydrogens is 210 g/mol. The van der Waals surface area contributed by atoms with Crippen LogP contribution in [0, 0.1) is 0 Å². The predicted molar refractivity (Wildman–Crippen MR) is 54.7 cm³/mol. The van der Waals surface area contributed by atoms with Crippen molar-refractivity contribution in [3.63, 3.8) is 0 Å². The molecule has 16 heavy (non-hydrogen) atoms. The average Bonchev–Trinajstić information content (AvgIpc) is 2.95. The number of aliphatic hydroxyl groups is 1. The fourth-order valence-corrected chi connectivity index (χ4v) is 1.27. The Morgan fingerprint density at radius 1 is 1.31 bits per heavy atom. The Hall–Kier alpha value is -2.01. The molecule has 5 nitrogen and oxygen atoms in total. The highest BCUT2D eigenvalue weighted by Gasteiger charge is 2.12. The van der Waals surface area contributed by atoms with Crippen molar-refractivity contribution in [3.8, 4) is 0 Å². The largest absolute Gasteiger partial charge is 0.472 e. The summed E-state index contributed by atoms with van der Waals surface area (Å²) in [5.74, 6) is -0.281. The van der Waals surface area contributed by atoms with E-state index in [0.717, 1.165) is 0 Å². The van der Waals surface area contributed by atoms with Gasteiger partial charge in [0.15, 0.2) is 0 Å². The smallest absolute Gasteiger partial charge is 0.254 e. The quantitative estimate of drug-likeness (QED) is 0.816. The van der Waals surface area contributed by atoms with Crippen LogP contribution in [0.4, 0.5) is 0 Å². The number of rotatable bonds is 4. The number of carbonyl (C=O) groups is 1. The molecule has 0 saturated carbocycles. The molecule has 2 aromatic heterocycles. The van der Waals surface area contributed by atoms with E-state index in [2.05, 4.69) is 5.32 Å². The van der Waals surface area contributed by atoms with Crippen molar-refractivity contribution >= 4 is 5.91 Å². The Kier molecular flexibility index (Phi) is 3.07. The molecule has 2 heterocycles. The van der Waals surface area contributed by atoms with Crippen LogP contribution in [0.25, 0.3) is 0 Å². The highest BCUT2D eigenvalue weighted by Crippen LogP contribution is 2.11. The van der Waals surface area contributed by atoms with Crippen LogP contribution >= 0.6 is 0 Å². The molecule has 1 atom stereocenters. The number of amides is 1. The van der Waals surface area contributed by atoms with E-state index in [4.69, 9.17) is 8.83 Å². The van der Waals surface area contributed by atoms with E-state index in [9.17, 15) is 9.90 Å². The Labute approximate surface area is 91.7 Å². The Bertz CT molecular complexity index is 433. The first-order valence-corrected chi connectivity index (χ1v) is 4.78. The summed E-state index contributed by atoms with van der Waals surface area (Å²) in [6.45, 7) is 0.129. The van der Waals surface area contributed by atoms with Crippen LogP contribution in [-0.4, -0.2) is 17.6 Å². The van der Waals surface area contributed by atoms with Crippen molar-refractivity contribution in [1.29, 1.82) is 0 Å². The molecule has 0 aliphatic rings. The molecule has 0 bridgehead atoms. The molecule has 0 aliphatic heterocycles. The Balaban J connectivity index is 1.86. The molecule has 0 saturated heterocycles. The summed E-state index contributed by atoms with van der Waals surface area (Å²) in [5, 5.41) is 12.2.